The SMILES string of the molecule is CN(Cc1cccc(F)c1)c1nnc(SCC(=O)O)s1. The molecule has 1 aromatic carbocycles. The van der Waals surface area contributed by atoms with Gasteiger partial charge in [0.05, 0.1) is 5.75 Å². The van der Waals surface area contributed by atoms with Crippen molar-refractivity contribution in [1.29, 1.82) is 0 Å². The Morgan fingerprint density at radius 1 is 1.50 bits per heavy atom. The van der Waals surface area contributed by atoms with E-state index in [0.717, 1.165) is 17.3 Å². The molecule has 0 unspecified atom stereocenters. The smallest absolute Gasteiger partial charge is 0.313 e. The second-order valence-electron chi connectivity index (χ2n) is 4.02. The molecular formula is C12H12FN3O2S2. The monoisotopic (exact) mass is 313 g/mol. The van der Waals surface area contributed by atoms with Gasteiger partial charge in [0.2, 0.25) is 5.13 Å². The number of aromatic nitrogens is 2. The molecule has 0 bridgehead atoms. The van der Waals surface area contributed by atoms with Crippen LogP contribution in [0, 0.1) is 5.82 Å². The highest BCUT2D eigenvalue weighted by atomic mass is 32.2. The summed E-state index contributed by atoms with van der Waals surface area (Å²) in [5.41, 5.74) is 0.836. The van der Waals surface area contributed by atoms with Crippen molar-refractivity contribution in [3.05, 3.63) is 35.6 Å². The van der Waals surface area contributed by atoms with E-state index < -0.39 is 5.97 Å². The molecule has 0 saturated heterocycles. The van der Waals surface area contributed by atoms with Gasteiger partial charge >= 0.3 is 5.97 Å². The van der Waals surface area contributed by atoms with E-state index >= 15 is 0 Å². The minimum absolute atomic E-state index is 0.0394. The lowest BCUT2D eigenvalue weighted by atomic mass is 10.2. The number of thioether (sulfide) groups is 1. The van der Waals surface area contributed by atoms with Crippen molar-refractivity contribution in [2.24, 2.45) is 0 Å². The van der Waals surface area contributed by atoms with Gasteiger partial charge in [-0.25, -0.2) is 4.39 Å². The molecule has 0 fully saturated rings. The molecule has 0 amide bonds. The van der Waals surface area contributed by atoms with E-state index in [1.165, 1.54) is 23.5 Å². The molecule has 106 valence electrons. The summed E-state index contributed by atoms with van der Waals surface area (Å²) in [5.74, 6) is -1.20. The largest absolute Gasteiger partial charge is 0.481 e. The number of rotatable bonds is 6. The molecule has 2 aromatic rings. The molecule has 0 spiro atoms. The predicted molar refractivity (Wildman–Crippen MR) is 76.8 cm³/mol. The average molecular weight is 313 g/mol. The number of carboxylic acid groups (broad SMARTS) is 1. The molecule has 1 aromatic heterocycles. The average Bonchev–Trinajstić information content (AvgIpc) is 2.85. The summed E-state index contributed by atoms with van der Waals surface area (Å²) >= 11 is 2.45. The number of halogens is 1. The minimum atomic E-state index is -0.889. The fourth-order valence-electron chi connectivity index (χ4n) is 1.52. The van der Waals surface area contributed by atoms with E-state index in [0.29, 0.717) is 16.0 Å². The van der Waals surface area contributed by atoms with Crippen LogP contribution in [0.25, 0.3) is 0 Å². The summed E-state index contributed by atoms with van der Waals surface area (Å²) in [6, 6.07) is 6.36. The van der Waals surface area contributed by atoms with Crippen molar-refractivity contribution in [2.45, 2.75) is 10.9 Å². The van der Waals surface area contributed by atoms with E-state index in [1.807, 2.05) is 18.0 Å². The van der Waals surface area contributed by atoms with Crippen LogP contribution < -0.4 is 4.90 Å². The Balaban J connectivity index is 1.98. The maximum Gasteiger partial charge on any atom is 0.313 e. The first kappa shape index (κ1) is 14.7. The third-order valence-electron chi connectivity index (χ3n) is 2.35. The van der Waals surface area contributed by atoms with Crippen LogP contribution in [-0.4, -0.2) is 34.1 Å². The summed E-state index contributed by atoms with van der Waals surface area (Å²) < 4.78 is 13.7. The standard InChI is InChI=1S/C12H12FN3O2S2/c1-16(6-8-3-2-4-9(13)5-8)11-14-15-12(20-11)19-7-10(17)18/h2-5H,6-7H2,1H3,(H,17,18). The second-order valence-corrected chi connectivity index (χ2v) is 6.20. The Morgan fingerprint density at radius 3 is 3.00 bits per heavy atom. The lowest BCUT2D eigenvalue weighted by Crippen LogP contribution is -2.16. The van der Waals surface area contributed by atoms with E-state index in [9.17, 15) is 9.18 Å². The first-order valence-electron chi connectivity index (χ1n) is 5.68. The number of carboxylic acids is 1. The Kier molecular flexibility index (Phi) is 4.91. The molecule has 0 saturated carbocycles. The Bertz CT molecular complexity index is 606. The molecular weight excluding hydrogens is 301 g/mol. The highest BCUT2D eigenvalue weighted by Crippen LogP contribution is 2.28. The molecule has 0 radical (unpaired) electrons. The number of benzene rings is 1. The van der Waals surface area contributed by atoms with Crippen molar-refractivity contribution in [3.8, 4) is 0 Å². The van der Waals surface area contributed by atoms with Gasteiger partial charge in [-0.1, -0.05) is 35.2 Å². The van der Waals surface area contributed by atoms with E-state index in [1.54, 1.807) is 6.07 Å². The summed E-state index contributed by atoms with van der Waals surface area (Å²) in [7, 11) is 1.83. The van der Waals surface area contributed by atoms with Crippen LogP contribution in [0.2, 0.25) is 0 Å². The van der Waals surface area contributed by atoms with Gasteiger partial charge in [0.1, 0.15) is 5.82 Å². The molecule has 2 rings (SSSR count). The third kappa shape index (κ3) is 4.17. The lowest BCUT2D eigenvalue weighted by molar-refractivity contribution is -0.133. The number of aliphatic carboxylic acids is 1. The molecule has 0 aliphatic carbocycles. The normalized spacial score (nSPS) is 10.5. The van der Waals surface area contributed by atoms with Crippen LogP contribution in [0.3, 0.4) is 0 Å². The predicted octanol–water partition coefficient (Wildman–Crippen LogP) is 2.49. The molecule has 20 heavy (non-hydrogen) atoms. The zero-order chi connectivity index (χ0) is 14.5. The number of nitrogens with zero attached hydrogens (tertiary/aromatic N) is 3. The van der Waals surface area contributed by atoms with Gasteiger partial charge in [0, 0.05) is 13.6 Å². The summed E-state index contributed by atoms with van der Waals surface area (Å²) in [4.78, 5) is 12.3. The number of carbonyl (C=O) groups is 1. The topological polar surface area (TPSA) is 66.3 Å². The molecule has 5 nitrogen and oxygen atoms in total. The van der Waals surface area contributed by atoms with Gasteiger partial charge in [-0.2, -0.15) is 0 Å². The van der Waals surface area contributed by atoms with Crippen molar-refractivity contribution in [2.75, 3.05) is 17.7 Å². The molecule has 0 atom stereocenters. The first-order chi connectivity index (χ1) is 9.54. The Hall–Kier alpha value is -1.67. The van der Waals surface area contributed by atoms with Crippen LogP contribution in [0.15, 0.2) is 28.6 Å². The second kappa shape index (κ2) is 6.67. The molecule has 0 aliphatic rings. The van der Waals surface area contributed by atoms with E-state index in [4.69, 9.17) is 5.11 Å². The number of hydrogen-bond acceptors (Lipinski definition) is 6. The van der Waals surface area contributed by atoms with Gasteiger partial charge in [0.15, 0.2) is 4.34 Å². The van der Waals surface area contributed by atoms with Gasteiger partial charge in [-0.15, -0.1) is 10.2 Å². The molecule has 1 N–H and O–H groups in total. The van der Waals surface area contributed by atoms with Crippen LogP contribution in [0.4, 0.5) is 9.52 Å². The lowest BCUT2D eigenvalue weighted by Gasteiger charge is -2.14. The maximum absolute atomic E-state index is 13.1. The molecule has 1 heterocycles. The summed E-state index contributed by atoms with van der Waals surface area (Å²) in [5, 5.41) is 17.2. The van der Waals surface area contributed by atoms with Crippen LogP contribution >= 0.6 is 23.1 Å². The Labute approximate surface area is 123 Å². The van der Waals surface area contributed by atoms with Crippen molar-refractivity contribution in [3.63, 3.8) is 0 Å². The molecule has 0 aliphatic heterocycles. The Morgan fingerprint density at radius 2 is 2.30 bits per heavy atom. The van der Waals surface area contributed by atoms with Crippen molar-refractivity contribution >= 4 is 34.2 Å². The highest BCUT2D eigenvalue weighted by Gasteiger charge is 2.11. The van der Waals surface area contributed by atoms with Crippen LogP contribution in [0.5, 0.6) is 0 Å². The number of anilines is 1. The van der Waals surface area contributed by atoms with Gasteiger partial charge in [-0.05, 0) is 17.7 Å². The van der Waals surface area contributed by atoms with Gasteiger partial charge in [-0.3, -0.25) is 4.79 Å². The zero-order valence-corrected chi connectivity index (χ0v) is 12.2. The summed E-state index contributed by atoms with van der Waals surface area (Å²) in [6.07, 6.45) is 0. The van der Waals surface area contributed by atoms with Crippen molar-refractivity contribution in [1.82, 2.24) is 10.2 Å². The first-order valence-corrected chi connectivity index (χ1v) is 7.48. The van der Waals surface area contributed by atoms with Crippen molar-refractivity contribution < 1.29 is 14.3 Å². The van der Waals surface area contributed by atoms with Gasteiger partial charge in [0.25, 0.3) is 0 Å². The van der Waals surface area contributed by atoms with E-state index in [2.05, 4.69) is 10.2 Å². The zero-order valence-electron chi connectivity index (χ0n) is 10.6. The fraction of sp³-hybridized carbons (Fsp3) is 0.250. The third-order valence-corrected chi connectivity index (χ3v) is 4.51. The van der Waals surface area contributed by atoms with Crippen LogP contribution in [-0.2, 0) is 11.3 Å². The maximum atomic E-state index is 13.1. The van der Waals surface area contributed by atoms with Gasteiger partial charge < -0.3 is 10.0 Å². The highest BCUT2D eigenvalue weighted by molar-refractivity contribution is 8.01. The van der Waals surface area contributed by atoms with Crippen LogP contribution in [0.1, 0.15) is 5.56 Å². The fourth-order valence-corrected chi connectivity index (χ4v) is 3.04. The number of hydrogen-bond donors (Lipinski definition) is 1. The summed E-state index contributed by atoms with van der Waals surface area (Å²) in [6.45, 7) is 0.510. The minimum Gasteiger partial charge on any atom is -0.481 e. The van der Waals surface area contributed by atoms with E-state index in [-0.39, 0.29) is 11.6 Å². The molecule has 8 heteroatoms. The quantitative estimate of drug-likeness (QED) is 0.827.